The molecule has 2 heterocycles. The van der Waals surface area contributed by atoms with Crippen LogP contribution in [0.5, 0.6) is 0 Å². The van der Waals surface area contributed by atoms with Crippen LogP contribution >= 0.6 is 23.1 Å². The topological polar surface area (TPSA) is 67.4 Å². The third-order valence-corrected chi connectivity index (χ3v) is 7.14. The number of hydrazone groups is 1. The lowest BCUT2D eigenvalue weighted by atomic mass is 9.99. The first-order chi connectivity index (χ1) is 14.4. The van der Waals surface area contributed by atoms with Gasteiger partial charge in [-0.3, -0.25) is 0 Å². The Morgan fingerprint density at radius 2 is 1.83 bits per heavy atom. The molecule has 1 aromatic heterocycles. The van der Waals surface area contributed by atoms with Crippen LogP contribution in [0.25, 0.3) is 0 Å². The van der Waals surface area contributed by atoms with E-state index in [1.54, 1.807) is 5.01 Å². The van der Waals surface area contributed by atoms with Crippen molar-refractivity contribution in [2.75, 3.05) is 11.6 Å². The highest BCUT2D eigenvalue weighted by Gasteiger charge is 2.47. The summed E-state index contributed by atoms with van der Waals surface area (Å²) in [6.07, 6.45) is 1.38. The Labute approximate surface area is 182 Å². The molecule has 4 rings (SSSR count). The van der Waals surface area contributed by atoms with Crippen LogP contribution in [0.4, 0.5) is 13.9 Å². The van der Waals surface area contributed by atoms with E-state index in [1.807, 2.05) is 38.1 Å². The fourth-order valence-electron chi connectivity index (χ4n) is 3.37. The second-order valence-electron chi connectivity index (χ2n) is 7.09. The molecule has 30 heavy (non-hydrogen) atoms. The molecule has 1 aliphatic heterocycles. The van der Waals surface area contributed by atoms with Crippen LogP contribution in [-0.4, -0.2) is 21.8 Å². The fraction of sp³-hybridized carbons (Fsp3) is 0.286. The van der Waals surface area contributed by atoms with Gasteiger partial charge in [-0.2, -0.15) is 5.10 Å². The predicted molar refractivity (Wildman–Crippen MR) is 119 cm³/mol. The SMILES string of the molecule is Cc1ccc(C2(CCCN)SC(c3cc(F)ccc3F)=NN2c2nnc(C)s2)cc1. The van der Waals surface area contributed by atoms with E-state index in [-0.39, 0.29) is 5.56 Å². The van der Waals surface area contributed by atoms with Crippen LogP contribution in [0.1, 0.15) is 34.5 Å². The highest BCUT2D eigenvalue weighted by Crippen LogP contribution is 2.52. The number of rotatable bonds is 6. The van der Waals surface area contributed by atoms with E-state index >= 15 is 0 Å². The lowest BCUT2D eigenvalue weighted by Crippen LogP contribution is -2.38. The summed E-state index contributed by atoms with van der Waals surface area (Å²) in [5, 5.41) is 16.7. The number of benzene rings is 2. The molecule has 1 atom stereocenters. The molecule has 2 aromatic carbocycles. The van der Waals surface area contributed by atoms with Gasteiger partial charge in [0.25, 0.3) is 0 Å². The van der Waals surface area contributed by atoms with Gasteiger partial charge in [-0.15, -0.1) is 10.2 Å². The van der Waals surface area contributed by atoms with Gasteiger partial charge in [-0.25, -0.2) is 13.8 Å². The summed E-state index contributed by atoms with van der Waals surface area (Å²) in [6, 6.07) is 11.6. The summed E-state index contributed by atoms with van der Waals surface area (Å²) < 4.78 is 28.5. The molecule has 0 saturated heterocycles. The lowest BCUT2D eigenvalue weighted by molar-refractivity contribution is 0.525. The molecule has 0 radical (unpaired) electrons. The Balaban J connectivity index is 1.88. The summed E-state index contributed by atoms with van der Waals surface area (Å²) in [6.45, 7) is 4.39. The van der Waals surface area contributed by atoms with Gasteiger partial charge in [0.1, 0.15) is 26.6 Å². The number of hydrogen-bond acceptors (Lipinski definition) is 7. The minimum atomic E-state index is -0.687. The van der Waals surface area contributed by atoms with Crippen LogP contribution < -0.4 is 10.7 Å². The predicted octanol–water partition coefficient (Wildman–Crippen LogP) is 4.94. The lowest BCUT2D eigenvalue weighted by Gasteiger charge is -2.35. The Hall–Kier alpha value is -2.36. The van der Waals surface area contributed by atoms with E-state index in [1.165, 1.54) is 29.2 Å². The average Bonchev–Trinajstić information content (AvgIpc) is 3.33. The summed E-state index contributed by atoms with van der Waals surface area (Å²) in [4.78, 5) is -0.687. The molecule has 0 amide bonds. The maximum absolute atomic E-state index is 14.6. The van der Waals surface area contributed by atoms with Crippen LogP contribution in [-0.2, 0) is 4.87 Å². The number of hydrogen-bond donors (Lipinski definition) is 1. The largest absolute Gasteiger partial charge is 0.330 e. The van der Waals surface area contributed by atoms with Crippen LogP contribution in [0.3, 0.4) is 0 Å². The van der Waals surface area contributed by atoms with Crippen LogP contribution in [0.15, 0.2) is 47.6 Å². The second-order valence-corrected chi connectivity index (χ2v) is 9.52. The van der Waals surface area contributed by atoms with Crippen molar-refractivity contribution in [3.05, 3.63) is 75.8 Å². The number of aryl methyl sites for hydroxylation is 2. The smallest absolute Gasteiger partial charge is 0.230 e. The van der Waals surface area contributed by atoms with E-state index in [4.69, 9.17) is 10.8 Å². The quantitative estimate of drug-likeness (QED) is 0.582. The third kappa shape index (κ3) is 3.84. The molecule has 1 unspecified atom stereocenters. The van der Waals surface area contributed by atoms with E-state index < -0.39 is 16.5 Å². The molecule has 156 valence electrons. The van der Waals surface area contributed by atoms with Gasteiger partial charge in [-0.05, 0) is 57.0 Å². The highest BCUT2D eigenvalue weighted by atomic mass is 32.2. The summed E-state index contributed by atoms with van der Waals surface area (Å²) in [5.41, 5.74) is 8.10. The van der Waals surface area contributed by atoms with E-state index in [0.29, 0.717) is 23.1 Å². The van der Waals surface area contributed by atoms with Crippen molar-refractivity contribution in [1.82, 2.24) is 10.2 Å². The fourth-order valence-corrected chi connectivity index (χ4v) is 5.56. The first kappa shape index (κ1) is 20.9. The molecule has 5 nitrogen and oxygen atoms in total. The molecule has 0 bridgehead atoms. The number of halogens is 2. The molecule has 9 heteroatoms. The van der Waals surface area contributed by atoms with E-state index in [2.05, 4.69) is 10.2 Å². The molecular formula is C21H21F2N5S2. The van der Waals surface area contributed by atoms with Crippen molar-refractivity contribution in [3.63, 3.8) is 0 Å². The zero-order valence-corrected chi connectivity index (χ0v) is 18.2. The molecule has 0 spiro atoms. The van der Waals surface area contributed by atoms with Crippen LogP contribution in [0, 0.1) is 25.5 Å². The minimum Gasteiger partial charge on any atom is -0.330 e. The molecule has 0 saturated carbocycles. The molecule has 0 aliphatic carbocycles. The van der Waals surface area contributed by atoms with Gasteiger partial charge in [0.15, 0.2) is 0 Å². The van der Waals surface area contributed by atoms with Gasteiger partial charge in [0.05, 0.1) is 0 Å². The Morgan fingerprint density at radius 1 is 1.07 bits per heavy atom. The summed E-state index contributed by atoms with van der Waals surface area (Å²) in [7, 11) is 0. The van der Waals surface area contributed by atoms with Crippen molar-refractivity contribution < 1.29 is 8.78 Å². The molecule has 0 fully saturated rings. The monoisotopic (exact) mass is 445 g/mol. The van der Waals surface area contributed by atoms with Gasteiger partial charge < -0.3 is 5.73 Å². The maximum atomic E-state index is 14.6. The van der Waals surface area contributed by atoms with Crippen molar-refractivity contribution in [3.8, 4) is 0 Å². The van der Waals surface area contributed by atoms with Crippen molar-refractivity contribution >= 4 is 33.3 Å². The zero-order valence-electron chi connectivity index (χ0n) is 16.6. The maximum Gasteiger partial charge on any atom is 0.230 e. The minimum absolute atomic E-state index is 0.132. The first-order valence-electron chi connectivity index (χ1n) is 9.53. The summed E-state index contributed by atoms with van der Waals surface area (Å²) >= 11 is 2.81. The third-order valence-electron chi connectivity index (χ3n) is 4.88. The Kier molecular flexibility index (Phi) is 5.86. The van der Waals surface area contributed by atoms with Gasteiger partial charge in [-0.1, -0.05) is 52.9 Å². The Bertz CT molecular complexity index is 1080. The van der Waals surface area contributed by atoms with Crippen molar-refractivity contribution in [1.29, 1.82) is 0 Å². The van der Waals surface area contributed by atoms with Crippen molar-refractivity contribution in [2.45, 2.75) is 31.6 Å². The zero-order chi connectivity index (χ0) is 21.3. The molecule has 1 aliphatic rings. The summed E-state index contributed by atoms with van der Waals surface area (Å²) in [5.74, 6) is -1.03. The standard InChI is InChI=1S/C21H21F2N5S2/c1-13-4-6-15(7-5-13)21(10-3-11-24)28(20-26-25-14(2)29-20)27-19(30-21)17-12-16(22)8-9-18(17)23/h4-9,12H,3,10-11,24H2,1-2H3. The normalized spacial score (nSPS) is 18.7. The van der Waals surface area contributed by atoms with Gasteiger partial charge >= 0.3 is 0 Å². The van der Waals surface area contributed by atoms with E-state index in [0.717, 1.165) is 34.7 Å². The second kappa shape index (κ2) is 8.41. The molecule has 2 N–H and O–H groups in total. The Morgan fingerprint density at radius 3 is 2.50 bits per heavy atom. The average molecular weight is 446 g/mol. The molecule has 3 aromatic rings. The van der Waals surface area contributed by atoms with Crippen molar-refractivity contribution in [2.24, 2.45) is 10.8 Å². The van der Waals surface area contributed by atoms with Crippen LogP contribution in [0.2, 0.25) is 0 Å². The first-order valence-corrected chi connectivity index (χ1v) is 11.2. The van der Waals surface area contributed by atoms with Gasteiger partial charge in [0, 0.05) is 5.56 Å². The van der Waals surface area contributed by atoms with Gasteiger partial charge in [0.2, 0.25) is 5.13 Å². The number of anilines is 1. The highest BCUT2D eigenvalue weighted by molar-refractivity contribution is 8.15. The number of thioether (sulfide) groups is 1. The number of aromatic nitrogens is 2. The van der Waals surface area contributed by atoms with E-state index in [9.17, 15) is 8.78 Å². The number of nitrogens with two attached hydrogens (primary N) is 1. The molecular weight excluding hydrogens is 424 g/mol. The number of nitrogens with zero attached hydrogens (tertiary/aromatic N) is 4.